The van der Waals surface area contributed by atoms with Crippen LogP contribution >= 0.6 is 23.1 Å². The molecule has 90 valence electrons. The van der Waals surface area contributed by atoms with Crippen molar-refractivity contribution >= 4 is 33.3 Å². The number of aromatic nitrogens is 2. The molecule has 0 aromatic carbocycles. The van der Waals surface area contributed by atoms with Crippen LogP contribution in [0.5, 0.6) is 0 Å². The Morgan fingerprint density at radius 3 is 3.18 bits per heavy atom. The van der Waals surface area contributed by atoms with Crippen LogP contribution in [0.3, 0.4) is 0 Å². The third kappa shape index (κ3) is 1.97. The van der Waals surface area contributed by atoms with Gasteiger partial charge in [0, 0.05) is 10.3 Å². The molecule has 3 rings (SSSR count). The number of hydrogen-bond donors (Lipinski definition) is 0. The highest BCUT2D eigenvalue weighted by atomic mass is 32.2. The van der Waals surface area contributed by atoms with Crippen LogP contribution in [0.1, 0.15) is 30.7 Å². The van der Waals surface area contributed by atoms with Gasteiger partial charge in [-0.2, -0.15) is 0 Å². The second kappa shape index (κ2) is 4.58. The Balaban J connectivity index is 2.18. The van der Waals surface area contributed by atoms with Crippen molar-refractivity contribution in [1.82, 2.24) is 9.97 Å². The lowest BCUT2D eigenvalue weighted by Gasteiger charge is -2.18. The molecule has 0 radical (unpaired) electrons. The summed E-state index contributed by atoms with van der Waals surface area (Å²) in [6.07, 6.45) is 5.46. The average Bonchev–Trinajstić information content (AvgIpc) is 2.67. The topological polar surface area (TPSA) is 25.8 Å². The molecule has 2 aromatic rings. The van der Waals surface area contributed by atoms with Crippen LogP contribution in [0, 0.1) is 5.92 Å². The summed E-state index contributed by atoms with van der Waals surface area (Å²) in [4.78, 5) is 11.6. The van der Waals surface area contributed by atoms with Crippen LogP contribution in [-0.2, 0) is 12.8 Å². The van der Waals surface area contributed by atoms with Crippen molar-refractivity contribution in [2.45, 2.75) is 38.1 Å². The molecule has 2 aromatic heterocycles. The van der Waals surface area contributed by atoms with Crippen molar-refractivity contribution in [3.05, 3.63) is 16.8 Å². The van der Waals surface area contributed by atoms with Crippen molar-refractivity contribution in [2.75, 3.05) is 5.75 Å². The number of thiophene rings is 1. The summed E-state index contributed by atoms with van der Waals surface area (Å²) in [6.45, 7) is 4.53. The predicted molar refractivity (Wildman–Crippen MR) is 75.0 cm³/mol. The zero-order valence-electron chi connectivity index (χ0n) is 10.2. The summed E-state index contributed by atoms with van der Waals surface area (Å²) in [6, 6.07) is 0. The minimum Gasteiger partial charge on any atom is -0.229 e. The Morgan fingerprint density at radius 2 is 2.35 bits per heavy atom. The summed E-state index contributed by atoms with van der Waals surface area (Å²) < 4.78 is 0. The maximum absolute atomic E-state index is 4.45. The minimum absolute atomic E-state index is 0.825. The van der Waals surface area contributed by atoms with Gasteiger partial charge in [0.2, 0.25) is 0 Å². The van der Waals surface area contributed by atoms with Crippen LogP contribution in [0.15, 0.2) is 11.4 Å². The number of aryl methyl sites for hydroxylation is 1. The van der Waals surface area contributed by atoms with Gasteiger partial charge < -0.3 is 0 Å². The number of fused-ring (bicyclic) bond motifs is 3. The monoisotopic (exact) mass is 264 g/mol. The van der Waals surface area contributed by atoms with E-state index in [2.05, 4.69) is 23.8 Å². The molecule has 17 heavy (non-hydrogen) atoms. The largest absolute Gasteiger partial charge is 0.229 e. The van der Waals surface area contributed by atoms with E-state index in [0.29, 0.717) is 0 Å². The normalized spacial score (nSPS) is 19.5. The van der Waals surface area contributed by atoms with E-state index in [9.17, 15) is 0 Å². The summed E-state index contributed by atoms with van der Waals surface area (Å²) in [5, 5.41) is 2.54. The number of nitrogens with zero attached hydrogens (tertiary/aromatic N) is 2. The lowest BCUT2D eigenvalue weighted by molar-refractivity contribution is 0.509. The molecule has 2 nitrogen and oxygen atoms in total. The summed E-state index contributed by atoms with van der Waals surface area (Å²) in [7, 11) is 0. The van der Waals surface area contributed by atoms with Crippen molar-refractivity contribution in [1.29, 1.82) is 0 Å². The Labute approximate surface area is 110 Å². The number of thioether (sulfide) groups is 1. The molecule has 0 N–H and O–H groups in total. The van der Waals surface area contributed by atoms with Gasteiger partial charge in [-0.15, -0.1) is 23.1 Å². The van der Waals surface area contributed by atoms with Crippen LogP contribution in [-0.4, -0.2) is 15.7 Å². The maximum atomic E-state index is 4.45. The van der Waals surface area contributed by atoms with Gasteiger partial charge in [0.1, 0.15) is 16.2 Å². The van der Waals surface area contributed by atoms with Gasteiger partial charge >= 0.3 is 0 Å². The Bertz CT molecular complexity index is 548. The predicted octanol–water partition coefficient (Wildman–Crippen LogP) is 3.93. The SMILES string of the molecule is CCSc1ncnc2sc3c(c12)CC[C@H](C)C3. The molecule has 0 unspecified atom stereocenters. The smallest absolute Gasteiger partial charge is 0.128 e. The molecule has 1 aliphatic carbocycles. The first-order chi connectivity index (χ1) is 8.29. The molecule has 1 aliphatic rings. The molecule has 0 amide bonds. The van der Waals surface area contributed by atoms with E-state index in [1.807, 2.05) is 23.1 Å². The second-order valence-electron chi connectivity index (χ2n) is 4.64. The molecular formula is C13H16N2S2. The summed E-state index contributed by atoms with van der Waals surface area (Å²) >= 11 is 3.72. The highest BCUT2D eigenvalue weighted by Crippen LogP contribution is 2.40. The van der Waals surface area contributed by atoms with E-state index in [1.165, 1.54) is 34.5 Å². The van der Waals surface area contributed by atoms with Crippen molar-refractivity contribution in [3.8, 4) is 0 Å². The average molecular weight is 264 g/mol. The minimum atomic E-state index is 0.825. The van der Waals surface area contributed by atoms with Crippen LogP contribution < -0.4 is 0 Å². The van der Waals surface area contributed by atoms with E-state index < -0.39 is 0 Å². The van der Waals surface area contributed by atoms with Crippen molar-refractivity contribution in [2.24, 2.45) is 5.92 Å². The van der Waals surface area contributed by atoms with Gasteiger partial charge in [-0.05, 0) is 36.5 Å². The molecule has 0 aliphatic heterocycles. The Kier molecular flexibility index (Phi) is 3.09. The summed E-state index contributed by atoms with van der Waals surface area (Å²) in [5.41, 5.74) is 1.54. The fourth-order valence-electron chi connectivity index (χ4n) is 2.49. The van der Waals surface area contributed by atoms with E-state index in [-0.39, 0.29) is 0 Å². The van der Waals surface area contributed by atoms with E-state index in [1.54, 1.807) is 16.8 Å². The van der Waals surface area contributed by atoms with Gasteiger partial charge in [-0.25, -0.2) is 9.97 Å². The van der Waals surface area contributed by atoms with Gasteiger partial charge in [-0.1, -0.05) is 13.8 Å². The zero-order chi connectivity index (χ0) is 11.8. The molecule has 0 saturated heterocycles. The molecule has 0 saturated carbocycles. The summed E-state index contributed by atoms with van der Waals surface area (Å²) in [5.74, 6) is 1.90. The molecule has 0 fully saturated rings. The molecule has 0 bridgehead atoms. The lowest BCUT2D eigenvalue weighted by atomic mass is 9.89. The van der Waals surface area contributed by atoms with Crippen LogP contribution in [0.4, 0.5) is 0 Å². The lowest BCUT2D eigenvalue weighted by Crippen LogP contribution is -2.08. The third-order valence-electron chi connectivity index (χ3n) is 3.34. The Hall–Kier alpha value is -0.610. The van der Waals surface area contributed by atoms with Gasteiger partial charge in [0.05, 0.1) is 0 Å². The number of hydrogen-bond acceptors (Lipinski definition) is 4. The number of rotatable bonds is 2. The van der Waals surface area contributed by atoms with E-state index in [0.717, 1.165) is 11.7 Å². The fourth-order valence-corrected chi connectivity index (χ4v) is 4.67. The highest BCUT2D eigenvalue weighted by Gasteiger charge is 2.22. The van der Waals surface area contributed by atoms with Crippen molar-refractivity contribution in [3.63, 3.8) is 0 Å². The van der Waals surface area contributed by atoms with E-state index >= 15 is 0 Å². The first-order valence-electron chi connectivity index (χ1n) is 6.17. The molecule has 2 heterocycles. The molecule has 4 heteroatoms. The van der Waals surface area contributed by atoms with Gasteiger partial charge in [0.15, 0.2) is 0 Å². The van der Waals surface area contributed by atoms with E-state index in [4.69, 9.17) is 0 Å². The molecule has 1 atom stereocenters. The van der Waals surface area contributed by atoms with Crippen molar-refractivity contribution < 1.29 is 0 Å². The standard InChI is InChI=1S/C13H16N2S2/c1-3-16-12-11-9-5-4-8(2)6-10(9)17-13(11)15-7-14-12/h7-8H,3-6H2,1-2H3/t8-/m0/s1. The molecular weight excluding hydrogens is 248 g/mol. The molecule has 0 spiro atoms. The maximum Gasteiger partial charge on any atom is 0.128 e. The zero-order valence-corrected chi connectivity index (χ0v) is 11.8. The highest BCUT2D eigenvalue weighted by molar-refractivity contribution is 7.99. The van der Waals surface area contributed by atoms with Gasteiger partial charge in [0.25, 0.3) is 0 Å². The third-order valence-corrected chi connectivity index (χ3v) is 5.37. The first kappa shape index (κ1) is 11.5. The first-order valence-corrected chi connectivity index (χ1v) is 7.97. The second-order valence-corrected chi connectivity index (χ2v) is 6.98. The Morgan fingerprint density at radius 1 is 1.47 bits per heavy atom. The quantitative estimate of drug-likeness (QED) is 0.607. The van der Waals surface area contributed by atoms with Crippen LogP contribution in [0.2, 0.25) is 0 Å². The van der Waals surface area contributed by atoms with Crippen LogP contribution in [0.25, 0.3) is 10.2 Å². The fraction of sp³-hybridized carbons (Fsp3) is 0.538. The van der Waals surface area contributed by atoms with Gasteiger partial charge in [-0.3, -0.25) is 0 Å².